The molecule has 4 aliphatic rings. The Kier molecular flexibility index (Phi) is 10.3. The van der Waals surface area contributed by atoms with Crippen LogP contribution in [-0.4, -0.2) is 38.4 Å². The molecule has 0 unspecified atom stereocenters. The standard InChI is InChI=1S/C33H59N3O2/c1-23(2)8-6-9-24(3)28-12-13-29-27-11-10-25-22-26(38-31(37)36-21-20-35-19-7-18-34)14-16-32(25,4)30(27)15-17-33(28,29)5/h10,23-24,26-30,35H,6-9,11-22,34H2,1-5H3,(H,36,37)/t24-,26+,27+,28-,29+,30+,32+,33-/m1/s1. The van der Waals surface area contributed by atoms with E-state index in [0.717, 1.165) is 74.3 Å². The molecule has 8 atom stereocenters. The Bertz CT molecular complexity index is 812. The number of carbonyl (C=O) groups is 1. The van der Waals surface area contributed by atoms with Crippen LogP contribution in [0, 0.1) is 46.3 Å². The number of amides is 1. The molecule has 0 radical (unpaired) electrons. The molecule has 0 aromatic rings. The maximum absolute atomic E-state index is 12.4. The summed E-state index contributed by atoms with van der Waals surface area (Å²) in [5.74, 6) is 5.17. The summed E-state index contributed by atoms with van der Waals surface area (Å²) >= 11 is 0. The van der Waals surface area contributed by atoms with Crippen LogP contribution in [0.1, 0.15) is 112 Å². The smallest absolute Gasteiger partial charge is 0.407 e. The first kappa shape index (κ1) is 29.9. The zero-order valence-electron chi connectivity index (χ0n) is 25.3. The molecule has 38 heavy (non-hydrogen) atoms. The maximum atomic E-state index is 12.4. The highest BCUT2D eigenvalue weighted by molar-refractivity contribution is 5.67. The van der Waals surface area contributed by atoms with Gasteiger partial charge in [0.2, 0.25) is 0 Å². The van der Waals surface area contributed by atoms with Gasteiger partial charge in [-0.25, -0.2) is 4.79 Å². The normalized spacial score (nSPS) is 37.1. The Balaban J connectivity index is 1.31. The van der Waals surface area contributed by atoms with Gasteiger partial charge in [-0.3, -0.25) is 0 Å². The number of hydrogen-bond acceptors (Lipinski definition) is 4. The van der Waals surface area contributed by atoms with E-state index in [1.807, 2.05) is 0 Å². The van der Waals surface area contributed by atoms with E-state index in [1.165, 1.54) is 51.4 Å². The van der Waals surface area contributed by atoms with Gasteiger partial charge in [-0.15, -0.1) is 0 Å². The minimum absolute atomic E-state index is 0.0208. The zero-order chi connectivity index (χ0) is 27.3. The number of rotatable bonds is 12. The summed E-state index contributed by atoms with van der Waals surface area (Å²) in [4.78, 5) is 12.4. The van der Waals surface area contributed by atoms with Gasteiger partial charge in [-0.2, -0.15) is 0 Å². The second-order valence-corrected chi connectivity index (χ2v) is 14.4. The van der Waals surface area contributed by atoms with E-state index in [4.69, 9.17) is 10.5 Å². The first-order valence-electron chi connectivity index (χ1n) is 16.2. The highest BCUT2D eigenvalue weighted by Gasteiger charge is 2.59. The fourth-order valence-electron chi connectivity index (χ4n) is 9.55. The van der Waals surface area contributed by atoms with Crippen LogP contribution in [-0.2, 0) is 4.74 Å². The van der Waals surface area contributed by atoms with Gasteiger partial charge in [0.05, 0.1) is 0 Å². The van der Waals surface area contributed by atoms with Crippen molar-refractivity contribution in [2.24, 2.45) is 52.1 Å². The molecule has 4 rings (SSSR count). The number of carbonyl (C=O) groups excluding carboxylic acids is 1. The van der Waals surface area contributed by atoms with E-state index < -0.39 is 0 Å². The number of nitrogens with two attached hydrogens (primary N) is 1. The average molecular weight is 530 g/mol. The van der Waals surface area contributed by atoms with E-state index >= 15 is 0 Å². The molecule has 0 aromatic carbocycles. The van der Waals surface area contributed by atoms with Crippen LogP contribution in [0.15, 0.2) is 11.6 Å². The van der Waals surface area contributed by atoms with Crippen LogP contribution in [0.2, 0.25) is 0 Å². The molecule has 1 amide bonds. The largest absolute Gasteiger partial charge is 0.446 e. The molecule has 5 nitrogen and oxygen atoms in total. The number of allylic oxidation sites excluding steroid dienone is 1. The Morgan fingerprint density at radius 2 is 1.84 bits per heavy atom. The second-order valence-electron chi connectivity index (χ2n) is 14.4. The molecule has 3 fully saturated rings. The van der Waals surface area contributed by atoms with Gasteiger partial charge in [0.15, 0.2) is 0 Å². The molecule has 4 N–H and O–H groups in total. The summed E-state index contributed by atoms with van der Waals surface area (Å²) < 4.78 is 5.88. The van der Waals surface area contributed by atoms with E-state index in [-0.39, 0.29) is 12.2 Å². The maximum Gasteiger partial charge on any atom is 0.407 e. The predicted molar refractivity (Wildman–Crippen MR) is 158 cm³/mol. The third-order valence-electron chi connectivity index (χ3n) is 11.7. The highest BCUT2D eigenvalue weighted by Crippen LogP contribution is 2.67. The summed E-state index contributed by atoms with van der Waals surface area (Å²) in [5, 5.41) is 6.21. The fraction of sp³-hybridized carbons (Fsp3) is 0.909. The molecule has 0 aliphatic heterocycles. The minimum Gasteiger partial charge on any atom is -0.446 e. The SMILES string of the molecule is CC(C)CCC[C@@H](C)[C@H]1CC[C@H]2[C@@H]3CC=C4C[C@@H](OC(=O)NCCNCCCN)CC[C@]4(C)[C@H]3CC[C@]12C. The van der Waals surface area contributed by atoms with Crippen molar-refractivity contribution in [3.8, 4) is 0 Å². The van der Waals surface area contributed by atoms with Crippen molar-refractivity contribution >= 4 is 6.09 Å². The van der Waals surface area contributed by atoms with Gasteiger partial charge in [0.25, 0.3) is 0 Å². The van der Waals surface area contributed by atoms with Crippen LogP contribution in [0.25, 0.3) is 0 Å². The number of ether oxygens (including phenoxy) is 1. The molecular formula is C33H59N3O2. The van der Waals surface area contributed by atoms with E-state index in [1.54, 1.807) is 5.57 Å². The van der Waals surface area contributed by atoms with Gasteiger partial charge in [0, 0.05) is 19.5 Å². The fourth-order valence-corrected chi connectivity index (χ4v) is 9.55. The van der Waals surface area contributed by atoms with E-state index in [9.17, 15) is 4.79 Å². The lowest BCUT2D eigenvalue weighted by Crippen LogP contribution is -2.51. The van der Waals surface area contributed by atoms with Crippen molar-refractivity contribution in [3.63, 3.8) is 0 Å². The summed E-state index contributed by atoms with van der Waals surface area (Å²) in [6, 6.07) is 0. The van der Waals surface area contributed by atoms with Gasteiger partial charge < -0.3 is 21.1 Å². The van der Waals surface area contributed by atoms with Gasteiger partial charge >= 0.3 is 6.09 Å². The van der Waals surface area contributed by atoms with E-state index in [2.05, 4.69) is 51.3 Å². The van der Waals surface area contributed by atoms with Crippen molar-refractivity contribution < 1.29 is 9.53 Å². The molecule has 0 saturated heterocycles. The summed E-state index contributed by atoms with van der Waals surface area (Å²) in [7, 11) is 0. The van der Waals surface area contributed by atoms with Gasteiger partial charge in [0.1, 0.15) is 6.10 Å². The van der Waals surface area contributed by atoms with Crippen molar-refractivity contribution in [2.75, 3.05) is 26.2 Å². The van der Waals surface area contributed by atoms with Crippen molar-refractivity contribution in [1.29, 1.82) is 0 Å². The van der Waals surface area contributed by atoms with Crippen LogP contribution in [0.4, 0.5) is 4.79 Å². The molecule has 218 valence electrons. The number of nitrogens with one attached hydrogen (secondary N) is 2. The Labute approximate surface area is 233 Å². The van der Waals surface area contributed by atoms with Crippen LogP contribution in [0.5, 0.6) is 0 Å². The van der Waals surface area contributed by atoms with Gasteiger partial charge in [-0.1, -0.05) is 65.5 Å². The Morgan fingerprint density at radius 3 is 2.61 bits per heavy atom. The lowest BCUT2D eigenvalue weighted by molar-refractivity contribution is -0.0581. The quantitative estimate of drug-likeness (QED) is 0.187. The van der Waals surface area contributed by atoms with Crippen LogP contribution < -0.4 is 16.4 Å². The molecule has 0 spiro atoms. The van der Waals surface area contributed by atoms with Crippen LogP contribution >= 0.6 is 0 Å². The minimum atomic E-state index is -0.263. The first-order valence-corrected chi connectivity index (χ1v) is 16.2. The zero-order valence-corrected chi connectivity index (χ0v) is 25.3. The number of hydrogen-bond donors (Lipinski definition) is 3. The lowest BCUT2D eigenvalue weighted by atomic mass is 9.47. The third kappa shape index (κ3) is 6.45. The average Bonchev–Trinajstić information content (AvgIpc) is 3.23. The summed E-state index contributed by atoms with van der Waals surface area (Å²) in [6.45, 7) is 15.5. The number of alkyl carbamates (subject to hydrolysis) is 1. The Hall–Kier alpha value is -1.07. The van der Waals surface area contributed by atoms with Crippen molar-refractivity contribution in [3.05, 3.63) is 11.6 Å². The monoisotopic (exact) mass is 529 g/mol. The van der Waals surface area contributed by atoms with E-state index in [0.29, 0.717) is 23.9 Å². The van der Waals surface area contributed by atoms with Crippen molar-refractivity contribution in [2.45, 2.75) is 118 Å². The molecule has 0 bridgehead atoms. The highest BCUT2D eigenvalue weighted by atomic mass is 16.6. The number of fused-ring (bicyclic) bond motifs is 5. The lowest BCUT2D eigenvalue weighted by Gasteiger charge is -2.58. The first-order chi connectivity index (χ1) is 18.2. The molecule has 5 heteroatoms. The molecular weight excluding hydrogens is 470 g/mol. The van der Waals surface area contributed by atoms with Gasteiger partial charge in [-0.05, 0) is 111 Å². The second kappa shape index (κ2) is 13.1. The topological polar surface area (TPSA) is 76.4 Å². The Morgan fingerprint density at radius 1 is 1.03 bits per heavy atom. The molecule has 0 aromatic heterocycles. The molecule has 3 saturated carbocycles. The summed E-state index contributed by atoms with van der Waals surface area (Å²) in [6.07, 6.45) is 17.6. The third-order valence-corrected chi connectivity index (χ3v) is 11.7. The molecule has 0 heterocycles. The summed E-state index contributed by atoms with van der Waals surface area (Å²) in [5.41, 5.74) is 7.95. The molecule has 4 aliphatic carbocycles. The predicted octanol–water partition coefficient (Wildman–Crippen LogP) is 7.06. The van der Waals surface area contributed by atoms with Crippen LogP contribution in [0.3, 0.4) is 0 Å². The van der Waals surface area contributed by atoms with Crippen molar-refractivity contribution in [1.82, 2.24) is 10.6 Å².